The lowest BCUT2D eigenvalue weighted by molar-refractivity contribution is -0.671. The van der Waals surface area contributed by atoms with Crippen molar-refractivity contribution in [3.8, 4) is 0 Å². The quantitative estimate of drug-likeness (QED) is 0.384. The van der Waals surface area contributed by atoms with Crippen LogP contribution in [-0.4, -0.2) is 37.3 Å². The van der Waals surface area contributed by atoms with Crippen LogP contribution in [0.25, 0.3) is 5.52 Å². The van der Waals surface area contributed by atoms with E-state index in [1.165, 1.54) is 12.2 Å². The molecular formula is C21H23N6O2+. The molecule has 3 heterocycles. The van der Waals surface area contributed by atoms with Gasteiger partial charge in [0.25, 0.3) is 0 Å². The summed E-state index contributed by atoms with van der Waals surface area (Å²) in [6, 6.07) is 5.73. The number of aliphatic hydroxyl groups is 1. The SMILES string of the molecule is CC1=C(O)/C(=N/c2c(NCCCn3cc[n+](C)c3)nn3ccccc23)C=CC1=O. The highest BCUT2D eigenvalue weighted by Gasteiger charge is 2.19. The van der Waals surface area contributed by atoms with Crippen LogP contribution >= 0.6 is 0 Å². The number of allylic oxidation sites excluding steroid dienone is 3. The number of carbonyl (C=O) groups excluding carboxylic acids is 1. The first-order chi connectivity index (χ1) is 14.0. The van der Waals surface area contributed by atoms with Gasteiger partial charge in [0.1, 0.15) is 29.6 Å². The molecule has 0 saturated heterocycles. The number of imidazole rings is 1. The average molecular weight is 391 g/mol. The Morgan fingerprint density at radius 2 is 2.14 bits per heavy atom. The minimum Gasteiger partial charge on any atom is -0.505 e. The van der Waals surface area contributed by atoms with E-state index in [1.54, 1.807) is 11.4 Å². The van der Waals surface area contributed by atoms with Crippen LogP contribution in [0.3, 0.4) is 0 Å². The summed E-state index contributed by atoms with van der Waals surface area (Å²) < 4.78 is 5.88. The highest BCUT2D eigenvalue weighted by Crippen LogP contribution is 2.31. The van der Waals surface area contributed by atoms with Gasteiger partial charge in [-0.05, 0) is 31.2 Å². The first-order valence-corrected chi connectivity index (χ1v) is 9.46. The van der Waals surface area contributed by atoms with Crippen molar-refractivity contribution in [1.29, 1.82) is 0 Å². The number of fused-ring (bicyclic) bond motifs is 1. The van der Waals surface area contributed by atoms with Crippen LogP contribution in [0.2, 0.25) is 0 Å². The maximum Gasteiger partial charge on any atom is 0.243 e. The van der Waals surface area contributed by atoms with Gasteiger partial charge in [0.05, 0.1) is 19.1 Å². The summed E-state index contributed by atoms with van der Waals surface area (Å²) in [7, 11) is 2.00. The van der Waals surface area contributed by atoms with E-state index >= 15 is 0 Å². The molecule has 1 aliphatic rings. The number of ketones is 1. The van der Waals surface area contributed by atoms with Crippen molar-refractivity contribution in [2.75, 3.05) is 11.9 Å². The van der Waals surface area contributed by atoms with Gasteiger partial charge in [-0.3, -0.25) is 4.79 Å². The molecule has 1 aliphatic carbocycles. The predicted octanol–water partition coefficient (Wildman–Crippen LogP) is 2.51. The number of rotatable bonds is 6. The van der Waals surface area contributed by atoms with Crippen molar-refractivity contribution >= 4 is 28.5 Å². The summed E-state index contributed by atoms with van der Waals surface area (Å²) in [5.74, 6) is 0.329. The van der Waals surface area contributed by atoms with Crippen LogP contribution in [0.15, 0.2) is 71.6 Å². The molecule has 0 radical (unpaired) electrons. The maximum absolute atomic E-state index is 11.7. The molecule has 29 heavy (non-hydrogen) atoms. The van der Waals surface area contributed by atoms with Gasteiger partial charge >= 0.3 is 0 Å². The molecule has 0 aromatic carbocycles. The number of pyridine rings is 1. The molecule has 8 heteroatoms. The van der Waals surface area contributed by atoms with Crippen molar-refractivity contribution < 1.29 is 14.5 Å². The smallest absolute Gasteiger partial charge is 0.243 e. The molecule has 0 aliphatic heterocycles. The molecule has 148 valence electrons. The summed E-state index contributed by atoms with van der Waals surface area (Å²) >= 11 is 0. The Labute approximate surface area is 168 Å². The Morgan fingerprint density at radius 3 is 2.93 bits per heavy atom. The topological polar surface area (TPSA) is 87.8 Å². The molecule has 0 spiro atoms. The summed E-state index contributed by atoms with van der Waals surface area (Å²) in [6.07, 6.45) is 11.8. The largest absolute Gasteiger partial charge is 0.505 e. The number of aliphatic imine (C=N–C) groups is 1. The molecule has 0 atom stereocenters. The number of aromatic nitrogens is 4. The van der Waals surface area contributed by atoms with Gasteiger partial charge < -0.3 is 10.4 Å². The molecule has 0 amide bonds. The molecule has 3 aromatic heterocycles. The first kappa shape index (κ1) is 18.7. The summed E-state index contributed by atoms with van der Waals surface area (Å²) in [5, 5.41) is 18.3. The van der Waals surface area contributed by atoms with Crippen LogP contribution in [0, 0.1) is 0 Å². The average Bonchev–Trinajstić information content (AvgIpc) is 3.29. The lowest BCUT2D eigenvalue weighted by atomic mass is 10.0. The van der Waals surface area contributed by atoms with Crippen LogP contribution in [-0.2, 0) is 18.4 Å². The van der Waals surface area contributed by atoms with Crippen molar-refractivity contribution in [3.05, 3.63) is 66.6 Å². The van der Waals surface area contributed by atoms with Crippen molar-refractivity contribution in [1.82, 2.24) is 14.2 Å². The zero-order valence-electron chi connectivity index (χ0n) is 16.4. The molecule has 4 rings (SSSR count). The second-order valence-electron chi connectivity index (χ2n) is 6.99. The minimum absolute atomic E-state index is 0.0980. The Hall–Kier alpha value is -3.68. The van der Waals surface area contributed by atoms with Crippen LogP contribution in [0.5, 0.6) is 0 Å². The number of anilines is 1. The van der Waals surface area contributed by atoms with E-state index < -0.39 is 0 Å². The van der Waals surface area contributed by atoms with E-state index in [2.05, 4.69) is 20.0 Å². The van der Waals surface area contributed by atoms with Crippen molar-refractivity contribution in [2.24, 2.45) is 12.0 Å². The fourth-order valence-electron chi connectivity index (χ4n) is 3.20. The van der Waals surface area contributed by atoms with Gasteiger partial charge in [-0.1, -0.05) is 6.07 Å². The van der Waals surface area contributed by atoms with Gasteiger partial charge in [0.15, 0.2) is 11.6 Å². The lowest BCUT2D eigenvalue weighted by Gasteiger charge is -2.09. The fourth-order valence-corrected chi connectivity index (χ4v) is 3.20. The van der Waals surface area contributed by atoms with Crippen molar-refractivity contribution in [2.45, 2.75) is 19.9 Å². The number of aryl methyl sites for hydroxylation is 2. The van der Waals surface area contributed by atoms with Gasteiger partial charge in [0, 0.05) is 24.7 Å². The number of aliphatic hydroxyl groups excluding tert-OH is 1. The number of carbonyl (C=O) groups is 1. The molecular weight excluding hydrogens is 368 g/mol. The Bertz CT molecular complexity index is 1170. The molecule has 0 saturated carbocycles. The number of hydrogen-bond donors (Lipinski definition) is 2. The fraction of sp³-hybridized carbons (Fsp3) is 0.238. The molecule has 2 N–H and O–H groups in total. The normalized spacial score (nSPS) is 15.7. The van der Waals surface area contributed by atoms with Gasteiger partial charge in [0.2, 0.25) is 6.33 Å². The first-order valence-electron chi connectivity index (χ1n) is 9.46. The van der Waals surface area contributed by atoms with E-state index in [0.29, 0.717) is 17.2 Å². The summed E-state index contributed by atoms with van der Waals surface area (Å²) in [5.41, 5.74) is 2.09. The van der Waals surface area contributed by atoms with E-state index in [1.807, 2.05) is 54.7 Å². The van der Waals surface area contributed by atoms with E-state index in [9.17, 15) is 9.90 Å². The lowest BCUT2D eigenvalue weighted by Crippen LogP contribution is -2.23. The third-order valence-corrected chi connectivity index (χ3v) is 4.82. The van der Waals surface area contributed by atoms with Gasteiger partial charge in [-0.2, -0.15) is 0 Å². The standard InChI is InChI=1S/C21H22N6O2/c1-15-18(28)8-7-16(20(15)29)23-19-17-6-3-4-11-27(17)24-21(19)22-9-5-10-26-13-12-25(2)14-26/h3-4,6-8,11-14H,5,9-10H2,1-2H3,(H-,22,24,28,29)/p+1/b23-16+. The molecule has 0 unspecified atom stereocenters. The van der Waals surface area contributed by atoms with Crippen LogP contribution in [0.4, 0.5) is 11.5 Å². The monoisotopic (exact) mass is 391 g/mol. The minimum atomic E-state index is -0.210. The second kappa shape index (κ2) is 7.75. The van der Waals surface area contributed by atoms with E-state index in [4.69, 9.17) is 0 Å². The highest BCUT2D eigenvalue weighted by atomic mass is 16.3. The molecule has 0 bridgehead atoms. The molecule has 8 nitrogen and oxygen atoms in total. The predicted molar refractivity (Wildman–Crippen MR) is 110 cm³/mol. The number of nitrogens with zero attached hydrogens (tertiary/aromatic N) is 5. The Balaban J connectivity index is 1.59. The Kier molecular flexibility index (Phi) is 4.99. The maximum atomic E-state index is 11.7. The zero-order valence-corrected chi connectivity index (χ0v) is 16.4. The zero-order chi connectivity index (χ0) is 20.4. The van der Waals surface area contributed by atoms with Gasteiger partial charge in [-0.15, -0.1) is 5.10 Å². The third kappa shape index (κ3) is 3.82. The van der Waals surface area contributed by atoms with Crippen LogP contribution in [0.1, 0.15) is 13.3 Å². The van der Waals surface area contributed by atoms with E-state index in [0.717, 1.165) is 25.0 Å². The summed E-state index contributed by atoms with van der Waals surface area (Å²) in [6.45, 7) is 3.20. The number of hydrogen-bond acceptors (Lipinski definition) is 5. The second-order valence-corrected chi connectivity index (χ2v) is 6.99. The highest BCUT2D eigenvalue weighted by molar-refractivity contribution is 6.21. The molecule has 3 aromatic rings. The van der Waals surface area contributed by atoms with Crippen LogP contribution < -0.4 is 9.88 Å². The molecule has 0 fully saturated rings. The number of nitrogens with one attached hydrogen (secondary N) is 1. The Morgan fingerprint density at radius 1 is 1.28 bits per heavy atom. The van der Waals surface area contributed by atoms with E-state index in [-0.39, 0.29) is 17.1 Å². The summed E-state index contributed by atoms with van der Waals surface area (Å²) in [4.78, 5) is 16.4. The van der Waals surface area contributed by atoms with Gasteiger partial charge in [-0.25, -0.2) is 18.6 Å². The van der Waals surface area contributed by atoms with Crippen molar-refractivity contribution in [3.63, 3.8) is 0 Å². The third-order valence-electron chi connectivity index (χ3n) is 4.82.